The minimum atomic E-state index is -3.57. The van der Waals surface area contributed by atoms with Gasteiger partial charge in [-0.25, -0.2) is 13.1 Å². The molecule has 0 bridgehead atoms. The molecule has 18 heavy (non-hydrogen) atoms. The Labute approximate surface area is 113 Å². The van der Waals surface area contributed by atoms with E-state index in [4.69, 9.17) is 11.6 Å². The van der Waals surface area contributed by atoms with E-state index in [1.807, 2.05) is 0 Å². The van der Waals surface area contributed by atoms with E-state index in [2.05, 4.69) is 16.6 Å². The number of hydrogen-bond donors (Lipinski definition) is 1. The molecular formula is C12H17ClN2O2S. The van der Waals surface area contributed by atoms with Crippen LogP contribution in [0.1, 0.15) is 32.6 Å². The maximum Gasteiger partial charge on any atom is 0.243 e. The van der Waals surface area contributed by atoms with Crippen LogP contribution >= 0.6 is 11.6 Å². The average Bonchev–Trinajstić information content (AvgIpc) is 2.32. The van der Waals surface area contributed by atoms with E-state index in [9.17, 15) is 8.42 Å². The molecule has 0 radical (unpaired) electrons. The Morgan fingerprint density at radius 2 is 2.11 bits per heavy atom. The van der Waals surface area contributed by atoms with Gasteiger partial charge in [-0.2, -0.15) is 0 Å². The summed E-state index contributed by atoms with van der Waals surface area (Å²) in [7, 11) is -3.57. The third-order valence-corrected chi connectivity index (χ3v) is 5.40. The minimum absolute atomic E-state index is 0.0000211. The first-order valence-corrected chi connectivity index (χ1v) is 7.98. The average molecular weight is 289 g/mol. The Balaban J connectivity index is 2.19. The number of pyridine rings is 1. The van der Waals surface area contributed by atoms with Gasteiger partial charge < -0.3 is 0 Å². The summed E-state index contributed by atoms with van der Waals surface area (Å²) in [5, 5.41) is 0.209. The third kappa shape index (κ3) is 3.02. The highest BCUT2D eigenvalue weighted by atomic mass is 35.5. The number of nitrogens with one attached hydrogen (secondary N) is 1. The molecule has 0 amide bonds. The number of aromatic nitrogens is 1. The predicted octanol–water partition coefficient (Wildman–Crippen LogP) is 2.59. The third-order valence-electron chi connectivity index (χ3n) is 3.44. The molecule has 1 heterocycles. The molecular weight excluding hydrogens is 272 g/mol. The van der Waals surface area contributed by atoms with Crippen LogP contribution in [0.15, 0.2) is 23.4 Å². The zero-order valence-electron chi connectivity index (χ0n) is 10.3. The van der Waals surface area contributed by atoms with Crippen LogP contribution in [0.4, 0.5) is 0 Å². The molecule has 0 spiro atoms. The first kappa shape index (κ1) is 13.8. The molecule has 0 aromatic carbocycles. The molecule has 2 unspecified atom stereocenters. The molecule has 2 atom stereocenters. The summed E-state index contributed by atoms with van der Waals surface area (Å²) in [6.45, 7) is 2.08. The van der Waals surface area contributed by atoms with Gasteiger partial charge in [0, 0.05) is 18.4 Å². The van der Waals surface area contributed by atoms with Crippen molar-refractivity contribution in [2.45, 2.75) is 43.5 Å². The fourth-order valence-electron chi connectivity index (χ4n) is 2.31. The quantitative estimate of drug-likeness (QED) is 0.930. The van der Waals surface area contributed by atoms with Gasteiger partial charge in [0.25, 0.3) is 0 Å². The van der Waals surface area contributed by atoms with Crippen LogP contribution < -0.4 is 4.72 Å². The van der Waals surface area contributed by atoms with Crippen molar-refractivity contribution in [1.29, 1.82) is 0 Å². The van der Waals surface area contributed by atoms with E-state index in [0.29, 0.717) is 5.92 Å². The number of nitrogens with zero attached hydrogens (tertiary/aromatic N) is 1. The molecule has 2 rings (SSSR count). The van der Waals surface area contributed by atoms with Gasteiger partial charge in [0.05, 0.1) is 5.02 Å². The second-order valence-electron chi connectivity index (χ2n) is 4.80. The summed E-state index contributed by atoms with van der Waals surface area (Å²) in [4.78, 5) is 3.88. The highest BCUT2D eigenvalue weighted by Gasteiger charge is 2.27. The fraction of sp³-hybridized carbons (Fsp3) is 0.583. The van der Waals surface area contributed by atoms with Crippen molar-refractivity contribution >= 4 is 21.6 Å². The molecule has 1 aliphatic rings. The lowest BCUT2D eigenvalue weighted by Gasteiger charge is -2.29. The minimum Gasteiger partial charge on any atom is -0.263 e. The van der Waals surface area contributed by atoms with Gasteiger partial charge in [-0.3, -0.25) is 4.98 Å². The summed E-state index contributed by atoms with van der Waals surface area (Å²) in [5.74, 6) is 0.365. The zero-order chi connectivity index (χ0) is 13.2. The van der Waals surface area contributed by atoms with Crippen molar-refractivity contribution in [3.05, 3.63) is 23.5 Å². The maximum absolute atomic E-state index is 12.2. The van der Waals surface area contributed by atoms with Gasteiger partial charge in [-0.05, 0) is 24.8 Å². The van der Waals surface area contributed by atoms with Gasteiger partial charge in [0.2, 0.25) is 10.0 Å². The van der Waals surface area contributed by atoms with Crippen LogP contribution in [0.2, 0.25) is 5.02 Å². The number of hydrogen-bond acceptors (Lipinski definition) is 3. The van der Waals surface area contributed by atoms with Crippen molar-refractivity contribution in [2.24, 2.45) is 5.92 Å². The van der Waals surface area contributed by atoms with Crippen LogP contribution in [0.5, 0.6) is 0 Å². The molecule has 1 aromatic rings. The van der Waals surface area contributed by atoms with Crippen molar-refractivity contribution in [3.63, 3.8) is 0 Å². The number of rotatable bonds is 3. The van der Waals surface area contributed by atoms with E-state index >= 15 is 0 Å². The summed E-state index contributed by atoms with van der Waals surface area (Å²) >= 11 is 5.90. The molecule has 1 aliphatic carbocycles. The summed E-state index contributed by atoms with van der Waals surface area (Å²) in [6.07, 6.45) is 6.96. The van der Waals surface area contributed by atoms with Crippen LogP contribution in [0, 0.1) is 5.92 Å². The fourth-order valence-corrected chi connectivity index (χ4v) is 4.12. The molecule has 0 aliphatic heterocycles. The van der Waals surface area contributed by atoms with E-state index in [-0.39, 0.29) is 16.0 Å². The van der Waals surface area contributed by atoms with E-state index in [0.717, 1.165) is 19.3 Å². The SMILES string of the molecule is CC1CCCCC1NS(=O)(=O)c1cnccc1Cl. The maximum atomic E-state index is 12.2. The lowest BCUT2D eigenvalue weighted by molar-refractivity contribution is 0.310. The number of halogens is 1. The second kappa shape index (κ2) is 5.55. The highest BCUT2D eigenvalue weighted by Crippen LogP contribution is 2.26. The van der Waals surface area contributed by atoms with Gasteiger partial charge in [-0.15, -0.1) is 0 Å². The van der Waals surface area contributed by atoms with Crippen molar-refractivity contribution in [1.82, 2.24) is 9.71 Å². The molecule has 0 saturated heterocycles. The zero-order valence-corrected chi connectivity index (χ0v) is 11.8. The van der Waals surface area contributed by atoms with Crippen molar-refractivity contribution in [2.75, 3.05) is 0 Å². The van der Waals surface area contributed by atoms with E-state index in [1.165, 1.54) is 24.9 Å². The monoisotopic (exact) mass is 288 g/mol. The highest BCUT2D eigenvalue weighted by molar-refractivity contribution is 7.89. The Kier molecular flexibility index (Phi) is 4.25. The summed E-state index contributed by atoms with van der Waals surface area (Å²) in [6, 6.07) is 1.49. The Morgan fingerprint density at radius 3 is 2.78 bits per heavy atom. The molecule has 6 heteroatoms. The predicted molar refractivity (Wildman–Crippen MR) is 71.0 cm³/mol. The van der Waals surface area contributed by atoms with Gasteiger partial charge in [0.1, 0.15) is 4.90 Å². The standard InChI is InChI=1S/C12H17ClN2O2S/c1-9-4-2-3-5-11(9)15-18(16,17)12-8-14-7-6-10(12)13/h6-9,11,15H,2-5H2,1H3. The molecule has 100 valence electrons. The van der Waals surface area contributed by atoms with Gasteiger partial charge in [0.15, 0.2) is 0 Å². The summed E-state index contributed by atoms with van der Waals surface area (Å²) in [5.41, 5.74) is 0. The van der Waals surface area contributed by atoms with Crippen LogP contribution in [0.3, 0.4) is 0 Å². The molecule has 1 saturated carbocycles. The van der Waals surface area contributed by atoms with Gasteiger partial charge >= 0.3 is 0 Å². The van der Waals surface area contributed by atoms with Crippen molar-refractivity contribution < 1.29 is 8.42 Å². The molecule has 1 fully saturated rings. The van der Waals surface area contributed by atoms with Gasteiger partial charge in [-0.1, -0.05) is 31.4 Å². The normalized spacial score (nSPS) is 25.0. The van der Waals surface area contributed by atoms with E-state index in [1.54, 1.807) is 0 Å². The first-order chi connectivity index (χ1) is 8.50. The lowest BCUT2D eigenvalue weighted by Crippen LogP contribution is -2.41. The Morgan fingerprint density at radius 1 is 1.39 bits per heavy atom. The van der Waals surface area contributed by atoms with E-state index < -0.39 is 10.0 Å². The number of sulfonamides is 1. The van der Waals surface area contributed by atoms with Crippen LogP contribution in [-0.4, -0.2) is 19.4 Å². The topological polar surface area (TPSA) is 59.1 Å². The van der Waals surface area contributed by atoms with Crippen LogP contribution in [0.25, 0.3) is 0 Å². The first-order valence-electron chi connectivity index (χ1n) is 6.12. The molecule has 4 nitrogen and oxygen atoms in total. The second-order valence-corrected chi connectivity index (χ2v) is 6.89. The Hall–Kier alpha value is -0.650. The Bertz CT molecular complexity index is 519. The largest absolute Gasteiger partial charge is 0.263 e. The molecule has 1 aromatic heterocycles. The van der Waals surface area contributed by atoms with Crippen molar-refractivity contribution in [3.8, 4) is 0 Å². The molecule has 1 N–H and O–H groups in total. The smallest absolute Gasteiger partial charge is 0.243 e. The lowest BCUT2D eigenvalue weighted by atomic mass is 9.87. The summed E-state index contributed by atoms with van der Waals surface area (Å²) < 4.78 is 27.2. The van der Waals surface area contributed by atoms with Crippen LogP contribution in [-0.2, 0) is 10.0 Å².